The highest BCUT2D eigenvalue weighted by Gasteiger charge is 2.15. The van der Waals surface area contributed by atoms with Gasteiger partial charge in [0, 0.05) is 11.4 Å². The molecule has 0 saturated heterocycles. The molecule has 0 radical (unpaired) electrons. The first-order valence-corrected chi connectivity index (χ1v) is 12.0. The molecule has 3 nitrogen and oxygen atoms in total. The Kier molecular flexibility index (Phi) is 13.7. The van der Waals surface area contributed by atoms with Gasteiger partial charge in [-0.1, -0.05) is 81.5 Å². The van der Waals surface area contributed by atoms with Gasteiger partial charge in [-0.25, -0.2) is 0 Å². The second kappa shape index (κ2) is 15.1. The minimum Gasteiger partial charge on any atom is -0.491 e. The van der Waals surface area contributed by atoms with Gasteiger partial charge in [0.05, 0.1) is 44.4 Å². The number of hydrogen-bond acceptors (Lipinski definition) is 2. The van der Waals surface area contributed by atoms with Crippen LogP contribution in [0.5, 0.6) is 5.75 Å². The molecule has 1 aromatic rings. The Balaban J connectivity index is 2.14. The van der Waals surface area contributed by atoms with E-state index in [1.54, 1.807) is 12.1 Å². The normalized spacial score (nSPS) is 11.6. The molecule has 29 heavy (non-hydrogen) atoms. The van der Waals surface area contributed by atoms with Crippen molar-refractivity contribution in [1.29, 1.82) is 0 Å². The number of ether oxygens (including phenoxy) is 1. The zero-order chi connectivity index (χ0) is 21.5. The second-order valence-electron chi connectivity index (χ2n) is 8.69. The van der Waals surface area contributed by atoms with Crippen LogP contribution >= 0.6 is 23.2 Å². The number of carbonyl (C=O) groups excluding carboxylic acids is 1. The molecule has 0 aromatic heterocycles. The quantitative estimate of drug-likeness (QED) is 0.140. The van der Waals surface area contributed by atoms with E-state index in [2.05, 4.69) is 21.0 Å². The molecule has 0 atom stereocenters. The number of carbonyl (C=O) groups is 1. The Morgan fingerprint density at radius 2 is 1.41 bits per heavy atom. The van der Waals surface area contributed by atoms with Crippen molar-refractivity contribution in [3.8, 4) is 5.75 Å². The van der Waals surface area contributed by atoms with E-state index in [1.165, 1.54) is 70.8 Å². The highest BCUT2D eigenvalue weighted by Crippen LogP contribution is 2.31. The lowest BCUT2D eigenvalue weighted by Crippen LogP contribution is -2.41. The molecule has 0 aliphatic heterocycles. The van der Waals surface area contributed by atoms with Crippen molar-refractivity contribution in [3.63, 3.8) is 0 Å². The largest absolute Gasteiger partial charge is 0.491 e. The standard InChI is InChI=1S/C24H40Cl2NO2/c1-4-5-6-7-8-9-10-11-12-13-15-27(2,3)16-14-17-29-24-21(20-28)18-22(25)19-23(24)26/h18-20H,4-17H2,1-3H3/q+1. The summed E-state index contributed by atoms with van der Waals surface area (Å²) < 4.78 is 6.78. The molecule has 1 aromatic carbocycles. The highest BCUT2D eigenvalue weighted by molar-refractivity contribution is 6.36. The van der Waals surface area contributed by atoms with Gasteiger partial charge in [0.15, 0.2) is 6.29 Å². The van der Waals surface area contributed by atoms with Gasteiger partial charge >= 0.3 is 0 Å². The van der Waals surface area contributed by atoms with Crippen molar-refractivity contribution in [3.05, 3.63) is 27.7 Å². The van der Waals surface area contributed by atoms with Gasteiger partial charge in [-0.2, -0.15) is 0 Å². The smallest absolute Gasteiger partial charge is 0.153 e. The average Bonchev–Trinajstić information content (AvgIpc) is 2.67. The molecular weight excluding hydrogens is 405 g/mol. The number of benzene rings is 1. The molecule has 0 saturated carbocycles. The number of unbranched alkanes of at least 4 members (excludes halogenated alkanes) is 9. The van der Waals surface area contributed by atoms with Crippen LogP contribution in [0.4, 0.5) is 0 Å². The molecule has 1 rings (SSSR count). The Morgan fingerprint density at radius 1 is 0.862 bits per heavy atom. The lowest BCUT2D eigenvalue weighted by molar-refractivity contribution is -0.890. The van der Waals surface area contributed by atoms with Crippen molar-refractivity contribution in [1.82, 2.24) is 0 Å². The van der Waals surface area contributed by atoms with Gasteiger partial charge in [-0.15, -0.1) is 0 Å². The van der Waals surface area contributed by atoms with Crippen LogP contribution in [-0.4, -0.2) is 44.6 Å². The molecule has 0 aliphatic rings. The Labute approximate surface area is 188 Å². The molecule has 0 amide bonds. The van der Waals surface area contributed by atoms with Crippen molar-refractivity contribution in [2.45, 2.75) is 77.6 Å². The van der Waals surface area contributed by atoms with Crippen molar-refractivity contribution < 1.29 is 14.0 Å². The predicted molar refractivity (Wildman–Crippen MR) is 126 cm³/mol. The number of rotatable bonds is 17. The van der Waals surface area contributed by atoms with E-state index in [9.17, 15) is 4.79 Å². The third kappa shape index (κ3) is 11.9. The Bertz CT molecular complexity index is 590. The third-order valence-electron chi connectivity index (χ3n) is 5.44. The summed E-state index contributed by atoms with van der Waals surface area (Å²) in [5.41, 5.74) is 0.404. The SMILES string of the molecule is CCCCCCCCCCCC[N+](C)(C)CCCOc1c(Cl)cc(Cl)cc1C=O. The number of halogens is 2. The number of hydrogen-bond donors (Lipinski definition) is 0. The maximum absolute atomic E-state index is 11.2. The summed E-state index contributed by atoms with van der Waals surface area (Å²) in [7, 11) is 4.56. The van der Waals surface area contributed by atoms with Crippen LogP contribution in [0.2, 0.25) is 10.0 Å². The first-order valence-electron chi connectivity index (χ1n) is 11.3. The van der Waals surface area contributed by atoms with Gasteiger partial charge in [0.25, 0.3) is 0 Å². The van der Waals surface area contributed by atoms with Gasteiger partial charge in [-0.05, 0) is 25.0 Å². The highest BCUT2D eigenvalue weighted by atomic mass is 35.5. The monoisotopic (exact) mass is 444 g/mol. The second-order valence-corrected chi connectivity index (χ2v) is 9.53. The van der Waals surface area contributed by atoms with Crippen LogP contribution in [0.1, 0.15) is 87.9 Å². The zero-order valence-electron chi connectivity index (χ0n) is 18.7. The van der Waals surface area contributed by atoms with Crippen molar-refractivity contribution in [2.75, 3.05) is 33.8 Å². The van der Waals surface area contributed by atoms with E-state index in [0.29, 0.717) is 28.0 Å². The fraction of sp³-hybridized carbons (Fsp3) is 0.708. The lowest BCUT2D eigenvalue weighted by atomic mass is 10.1. The number of aldehydes is 1. The molecule has 0 unspecified atom stereocenters. The van der Waals surface area contributed by atoms with Gasteiger partial charge in [0.2, 0.25) is 0 Å². The predicted octanol–water partition coefficient (Wildman–Crippen LogP) is 7.57. The lowest BCUT2D eigenvalue weighted by Gasteiger charge is -2.30. The van der Waals surface area contributed by atoms with E-state index in [1.807, 2.05) is 0 Å². The summed E-state index contributed by atoms with van der Waals surface area (Å²) in [4.78, 5) is 11.2. The molecule has 0 fully saturated rings. The van der Waals surface area contributed by atoms with Crippen LogP contribution in [-0.2, 0) is 0 Å². The molecule has 0 bridgehead atoms. The maximum Gasteiger partial charge on any atom is 0.153 e. The van der Waals surface area contributed by atoms with Gasteiger partial charge in [0.1, 0.15) is 5.75 Å². The third-order valence-corrected chi connectivity index (χ3v) is 5.93. The van der Waals surface area contributed by atoms with Crippen LogP contribution in [0, 0.1) is 0 Å². The zero-order valence-corrected chi connectivity index (χ0v) is 20.2. The minimum atomic E-state index is 0.388. The van der Waals surface area contributed by atoms with Crippen molar-refractivity contribution in [2.24, 2.45) is 0 Å². The first kappa shape index (κ1) is 26.3. The Hall–Kier alpha value is -0.770. The van der Waals surface area contributed by atoms with Crippen molar-refractivity contribution >= 4 is 29.5 Å². The minimum absolute atomic E-state index is 0.388. The fourth-order valence-corrected chi connectivity index (χ4v) is 4.19. The molecule has 0 spiro atoms. The summed E-state index contributed by atoms with van der Waals surface area (Å²) in [5.74, 6) is 0.436. The fourth-order valence-electron chi connectivity index (χ4n) is 3.63. The average molecular weight is 445 g/mol. The summed E-state index contributed by atoms with van der Waals surface area (Å²) >= 11 is 12.1. The van der Waals surface area contributed by atoms with E-state index >= 15 is 0 Å². The maximum atomic E-state index is 11.2. The van der Waals surface area contributed by atoms with Gasteiger partial charge in [-0.3, -0.25) is 4.79 Å². The molecule has 5 heteroatoms. The Morgan fingerprint density at radius 3 is 2.00 bits per heavy atom. The van der Waals surface area contributed by atoms with E-state index in [4.69, 9.17) is 27.9 Å². The molecule has 0 N–H and O–H groups in total. The number of nitrogens with zero attached hydrogens (tertiary/aromatic N) is 1. The molecule has 0 heterocycles. The van der Waals surface area contributed by atoms with Crippen LogP contribution < -0.4 is 4.74 Å². The van der Waals surface area contributed by atoms with E-state index < -0.39 is 0 Å². The summed E-state index contributed by atoms with van der Waals surface area (Å²) in [6.45, 7) is 5.05. The van der Waals surface area contributed by atoms with Crippen LogP contribution in [0.15, 0.2) is 12.1 Å². The topological polar surface area (TPSA) is 26.3 Å². The summed E-state index contributed by atoms with van der Waals surface area (Å²) in [6, 6.07) is 3.19. The van der Waals surface area contributed by atoms with E-state index in [-0.39, 0.29) is 0 Å². The van der Waals surface area contributed by atoms with Crippen LogP contribution in [0.25, 0.3) is 0 Å². The summed E-state index contributed by atoms with van der Waals surface area (Å²) in [6.07, 6.45) is 15.4. The van der Waals surface area contributed by atoms with E-state index in [0.717, 1.165) is 23.7 Å². The summed E-state index contributed by atoms with van der Waals surface area (Å²) in [5, 5.41) is 0.831. The molecular formula is C24H40Cl2NO2+. The first-order chi connectivity index (χ1) is 13.9. The van der Waals surface area contributed by atoms with Crippen LogP contribution in [0.3, 0.4) is 0 Å². The molecule has 166 valence electrons. The number of quaternary nitrogens is 1. The molecule has 0 aliphatic carbocycles. The van der Waals surface area contributed by atoms with Gasteiger partial charge < -0.3 is 9.22 Å².